The number of hydrogen-bond donors (Lipinski definition) is 1. The van der Waals surface area contributed by atoms with Gasteiger partial charge in [-0.05, 0) is 37.5 Å². The molecule has 2 saturated heterocycles. The van der Waals surface area contributed by atoms with E-state index >= 15 is 0 Å². The zero-order valence-electron chi connectivity index (χ0n) is 18.5. The number of nitrogens with one attached hydrogen (secondary N) is 1. The molecular weight excluding hydrogens is 509 g/mol. The topological polar surface area (TPSA) is 46.1 Å². The second-order valence-electron chi connectivity index (χ2n) is 8.00. The fraction of sp³-hybridized carbons (Fsp3) is 0.696. The van der Waals surface area contributed by atoms with Gasteiger partial charge in [0, 0.05) is 43.5 Å². The summed E-state index contributed by atoms with van der Waals surface area (Å²) in [5, 5.41) is 3.52. The van der Waals surface area contributed by atoms with Crippen LogP contribution in [0.1, 0.15) is 38.7 Å². The van der Waals surface area contributed by atoms with Crippen LogP contribution in [0.15, 0.2) is 35.3 Å². The van der Waals surface area contributed by atoms with Gasteiger partial charge in [0.1, 0.15) is 0 Å². The van der Waals surface area contributed by atoms with Crippen LogP contribution in [0.25, 0.3) is 0 Å². The average molecular weight is 548 g/mol. The second-order valence-corrected chi connectivity index (χ2v) is 9.73. The highest BCUT2D eigenvalue weighted by atomic mass is 127. The fourth-order valence-electron chi connectivity index (χ4n) is 4.12. The maximum absolute atomic E-state index is 5.99. The van der Waals surface area contributed by atoms with Crippen molar-refractivity contribution in [2.75, 3.05) is 51.8 Å². The number of ether oxygens (including phenoxy) is 2. The van der Waals surface area contributed by atoms with Gasteiger partial charge in [-0.3, -0.25) is 4.99 Å². The second kappa shape index (κ2) is 13.8. The molecule has 0 aliphatic carbocycles. The van der Waals surface area contributed by atoms with Crippen LogP contribution in [0.5, 0.6) is 0 Å². The molecule has 0 amide bonds. The third-order valence-electron chi connectivity index (χ3n) is 5.76. The highest BCUT2D eigenvalue weighted by Crippen LogP contribution is 2.35. The van der Waals surface area contributed by atoms with Crippen molar-refractivity contribution in [2.45, 2.75) is 44.5 Å². The third kappa shape index (κ3) is 7.88. The van der Waals surface area contributed by atoms with E-state index in [0.29, 0.717) is 12.5 Å². The van der Waals surface area contributed by atoms with E-state index in [1.807, 2.05) is 6.07 Å². The number of aliphatic imine (C=N–C) groups is 1. The Balaban J connectivity index is 0.00000320. The molecule has 2 fully saturated rings. The van der Waals surface area contributed by atoms with Crippen molar-refractivity contribution >= 4 is 41.7 Å². The Morgan fingerprint density at radius 2 is 2.03 bits per heavy atom. The number of likely N-dealkylation sites (tertiary alicyclic amines) is 1. The van der Waals surface area contributed by atoms with Crippen LogP contribution < -0.4 is 5.32 Å². The first-order chi connectivity index (χ1) is 14.2. The van der Waals surface area contributed by atoms with E-state index in [2.05, 4.69) is 60.1 Å². The Labute approximate surface area is 203 Å². The van der Waals surface area contributed by atoms with Gasteiger partial charge < -0.3 is 19.7 Å². The van der Waals surface area contributed by atoms with Crippen molar-refractivity contribution in [1.29, 1.82) is 0 Å². The van der Waals surface area contributed by atoms with Crippen molar-refractivity contribution < 1.29 is 9.47 Å². The van der Waals surface area contributed by atoms with Crippen LogP contribution in [0, 0.1) is 5.92 Å². The van der Waals surface area contributed by atoms with Crippen molar-refractivity contribution in [3.05, 3.63) is 35.9 Å². The number of rotatable bonds is 9. The fourth-order valence-corrected chi connectivity index (χ4v) is 5.34. The van der Waals surface area contributed by atoms with E-state index in [1.54, 1.807) is 0 Å². The number of nitrogens with zero attached hydrogens (tertiary/aromatic N) is 2. The Kier molecular flexibility index (Phi) is 11.8. The lowest BCUT2D eigenvalue weighted by Crippen LogP contribution is -2.42. The van der Waals surface area contributed by atoms with Crippen molar-refractivity contribution in [3.8, 4) is 0 Å². The molecule has 0 radical (unpaired) electrons. The smallest absolute Gasteiger partial charge is 0.193 e. The number of halogens is 1. The molecule has 2 aliphatic heterocycles. The van der Waals surface area contributed by atoms with Gasteiger partial charge in [-0.25, -0.2) is 0 Å². The van der Waals surface area contributed by atoms with E-state index in [1.165, 1.54) is 12.0 Å². The first kappa shape index (κ1) is 25.7. The van der Waals surface area contributed by atoms with Crippen molar-refractivity contribution in [3.63, 3.8) is 0 Å². The van der Waals surface area contributed by atoms with Crippen LogP contribution in [-0.2, 0) is 16.1 Å². The van der Waals surface area contributed by atoms with E-state index in [0.717, 1.165) is 70.6 Å². The quantitative estimate of drug-likeness (QED) is 0.282. The average Bonchev–Trinajstić information content (AvgIpc) is 3.22. The summed E-state index contributed by atoms with van der Waals surface area (Å²) < 4.78 is 11.8. The van der Waals surface area contributed by atoms with Crippen molar-refractivity contribution in [2.24, 2.45) is 10.9 Å². The molecule has 2 heterocycles. The molecule has 5 nitrogen and oxygen atoms in total. The van der Waals surface area contributed by atoms with Gasteiger partial charge in [-0.15, -0.1) is 24.0 Å². The van der Waals surface area contributed by atoms with Gasteiger partial charge in [0.2, 0.25) is 0 Å². The van der Waals surface area contributed by atoms with Crippen LogP contribution >= 0.6 is 35.7 Å². The molecule has 0 spiro atoms. The molecule has 1 aromatic rings. The predicted molar refractivity (Wildman–Crippen MR) is 138 cm³/mol. The maximum Gasteiger partial charge on any atom is 0.193 e. The summed E-state index contributed by atoms with van der Waals surface area (Å²) in [6, 6.07) is 10.4. The van der Waals surface area contributed by atoms with Gasteiger partial charge in [-0.2, -0.15) is 11.8 Å². The minimum Gasteiger partial charge on any atom is -0.381 e. The van der Waals surface area contributed by atoms with Gasteiger partial charge >= 0.3 is 0 Å². The monoisotopic (exact) mass is 547 g/mol. The van der Waals surface area contributed by atoms with Crippen LogP contribution in [0.4, 0.5) is 0 Å². The van der Waals surface area contributed by atoms with Gasteiger partial charge in [0.15, 0.2) is 5.96 Å². The molecule has 0 saturated carbocycles. The highest BCUT2D eigenvalue weighted by Gasteiger charge is 2.33. The lowest BCUT2D eigenvalue weighted by atomic mass is 9.99. The standard InChI is InChI=1S/C23H37N3O2S.HI/c1-3-24-22(25-19-23(29-4-2)11-14-27-15-12-23)26-13-10-21(16-26)18-28-17-20-8-6-5-7-9-20;/h5-9,21H,3-4,10-19H2,1-2H3,(H,24,25);1H. The molecule has 3 rings (SSSR count). The van der Waals surface area contributed by atoms with Gasteiger partial charge in [0.25, 0.3) is 0 Å². The van der Waals surface area contributed by atoms with Crippen LogP contribution in [0.2, 0.25) is 0 Å². The van der Waals surface area contributed by atoms with Gasteiger partial charge in [-0.1, -0.05) is 37.3 Å². The normalized spacial score (nSPS) is 21.3. The number of hydrogen-bond acceptors (Lipinski definition) is 4. The molecule has 2 aliphatic rings. The molecule has 7 heteroatoms. The number of benzene rings is 1. The molecule has 1 atom stereocenters. The molecule has 0 aromatic heterocycles. The number of guanidine groups is 1. The minimum atomic E-state index is 0. The highest BCUT2D eigenvalue weighted by molar-refractivity contribution is 14.0. The predicted octanol–water partition coefficient (Wildman–Crippen LogP) is 4.41. The first-order valence-corrected chi connectivity index (χ1v) is 12.1. The summed E-state index contributed by atoms with van der Waals surface area (Å²) in [7, 11) is 0. The summed E-state index contributed by atoms with van der Waals surface area (Å²) >= 11 is 2.06. The van der Waals surface area contributed by atoms with Crippen molar-refractivity contribution in [1.82, 2.24) is 10.2 Å². The number of thioether (sulfide) groups is 1. The molecule has 170 valence electrons. The zero-order chi connectivity index (χ0) is 20.4. The Bertz CT molecular complexity index is 621. The molecule has 1 N–H and O–H groups in total. The summed E-state index contributed by atoms with van der Waals surface area (Å²) in [6.07, 6.45) is 3.37. The largest absolute Gasteiger partial charge is 0.381 e. The van der Waals surface area contributed by atoms with Gasteiger partial charge in [0.05, 0.1) is 19.8 Å². The first-order valence-electron chi connectivity index (χ1n) is 11.1. The Morgan fingerprint density at radius 1 is 1.27 bits per heavy atom. The summed E-state index contributed by atoms with van der Waals surface area (Å²) in [5.41, 5.74) is 1.24. The Hall–Kier alpha value is -0.510. The lowest BCUT2D eigenvalue weighted by molar-refractivity contribution is 0.0792. The molecule has 30 heavy (non-hydrogen) atoms. The SMILES string of the molecule is CCNC(=NCC1(SCC)CCOCC1)N1CCC(COCc2ccccc2)C1.I. The molecule has 1 aromatic carbocycles. The molecule has 0 bridgehead atoms. The summed E-state index contributed by atoms with van der Waals surface area (Å²) in [4.78, 5) is 7.51. The van der Waals surface area contributed by atoms with E-state index in [9.17, 15) is 0 Å². The van der Waals surface area contributed by atoms with Crippen LogP contribution in [0.3, 0.4) is 0 Å². The Morgan fingerprint density at radius 3 is 2.73 bits per heavy atom. The summed E-state index contributed by atoms with van der Waals surface area (Å²) in [5.74, 6) is 2.78. The third-order valence-corrected chi connectivity index (χ3v) is 7.20. The lowest BCUT2D eigenvalue weighted by Gasteiger charge is -2.35. The van der Waals surface area contributed by atoms with E-state index < -0.39 is 0 Å². The molecular formula is C23H38IN3O2S. The van der Waals surface area contributed by atoms with E-state index in [-0.39, 0.29) is 28.7 Å². The minimum absolute atomic E-state index is 0. The summed E-state index contributed by atoms with van der Waals surface area (Å²) in [6.45, 7) is 11.5. The molecule has 1 unspecified atom stereocenters. The van der Waals surface area contributed by atoms with Crippen LogP contribution in [-0.4, -0.2) is 67.4 Å². The van der Waals surface area contributed by atoms with E-state index in [4.69, 9.17) is 14.5 Å². The maximum atomic E-state index is 5.99. The zero-order valence-corrected chi connectivity index (χ0v) is 21.6.